The Kier molecular flexibility index (Phi) is 1.81. The van der Waals surface area contributed by atoms with E-state index in [4.69, 9.17) is 0 Å². The summed E-state index contributed by atoms with van der Waals surface area (Å²) in [7, 11) is 0. The summed E-state index contributed by atoms with van der Waals surface area (Å²) in [5.74, 6) is 0.00981. The van der Waals surface area contributed by atoms with Gasteiger partial charge in [-0.25, -0.2) is 0 Å². The van der Waals surface area contributed by atoms with E-state index in [9.17, 15) is 9.28 Å². The molecule has 0 bridgehead atoms. The van der Waals surface area contributed by atoms with Gasteiger partial charge in [0.15, 0.2) is 0 Å². The normalized spacial score (nSPS) is 30.9. The summed E-state index contributed by atoms with van der Waals surface area (Å²) in [6, 6.07) is -0.0669. The van der Waals surface area contributed by atoms with Gasteiger partial charge in [-0.1, -0.05) is 0 Å². The molecule has 3 heteroatoms. The number of hydrogen-bond donors (Lipinski definition) is 0. The fraction of sp³-hybridized carbons (Fsp3) is 0.833. The zero-order chi connectivity index (χ0) is 6.85. The van der Waals surface area contributed by atoms with Crippen molar-refractivity contribution in [1.29, 1.82) is 0 Å². The van der Waals surface area contributed by atoms with Gasteiger partial charge in [0.1, 0.15) is 5.78 Å². The van der Waals surface area contributed by atoms with Crippen LogP contribution in [-0.4, -0.2) is 23.5 Å². The fourth-order valence-electron chi connectivity index (χ4n) is 0.913. The Labute approximate surface area is 53.6 Å². The lowest BCUT2D eigenvalue weighted by atomic mass is 10.1. The van der Waals surface area contributed by atoms with Crippen LogP contribution in [0.4, 0.5) is 4.48 Å². The van der Waals surface area contributed by atoms with Crippen LogP contribution in [0.1, 0.15) is 19.8 Å². The number of nitrogens with zero attached hydrogens (tertiary/aromatic N) is 1. The highest BCUT2D eigenvalue weighted by Gasteiger charge is 2.22. The van der Waals surface area contributed by atoms with E-state index in [0.717, 1.165) is 0 Å². The van der Waals surface area contributed by atoms with Crippen molar-refractivity contribution in [2.45, 2.75) is 25.8 Å². The molecule has 1 atom stereocenters. The molecule has 1 aliphatic heterocycles. The molecule has 0 N–H and O–H groups in total. The first-order valence-corrected chi connectivity index (χ1v) is 3.14. The maximum absolute atomic E-state index is 12.4. The lowest BCUT2D eigenvalue weighted by Gasteiger charge is -2.23. The molecule has 9 heavy (non-hydrogen) atoms. The van der Waals surface area contributed by atoms with Crippen molar-refractivity contribution in [3.63, 3.8) is 0 Å². The molecule has 0 saturated carbocycles. The molecule has 1 rings (SSSR count). The minimum Gasteiger partial charge on any atom is -0.298 e. The van der Waals surface area contributed by atoms with E-state index in [-0.39, 0.29) is 18.4 Å². The molecule has 0 aromatic rings. The molecule has 0 radical (unpaired) electrons. The van der Waals surface area contributed by atoms with Crippen LogP contribution < -0.4 is 0 Å². The molecule has 0 spiro atoms. The number of rotatable bonds is 0. The zero-order valence-electron chi connectivity index (χ0n) is 5.43. The van der Waals surface area contributed by atoms with E-state index in [1.54, 1.807) is 6.92 Å². The largest absolute Gasteiger partial charge is 0.298 e. The van der Waals surface area contributed by atoms with Gasteiger partial charge in [-0.05, 0) is 13.3 Å². The molecule has 1 fully saturated rings. The lowest BCUT2D eigenvalue weighted by molar-refractivity contribution is -0.132. The zero-order valence-corrected chi connectivity index (χ0v) is 5.43. The summed E-state index contributed by atoms with van der Waals surface area (Å²) in [5, 5.41) is 0.603. The van der Waals surface area contributed by atoms with Gasteiger partial charge in [-0.2, -0.15) is 0 Å². The van der Waals surface area contributed by atoms with Crippen molar-refractivity contribution in [3.8, 4) is 0 Å². The highest BCUT2D eigenvalue weighted by Crippen LogP contribution is 2.13. The highest BCUT2D eigenvalue weighted by atomic mass is 19.2. The Morgan fingerprint density at radius 1 is 1.78 bits per heavy atom. The second-order valence-corrected chi connectivity index (χ2v) is 2.48. The van der Waals surface area contributed by atoms with Gasteiger partial charge < -0.3 is 0 Å². The van der Waals surface area contributed by atoms with Gasteiger partial charge in [0, 0.05) is 12.5 Å². The van der Waals surface area contributed by atoms with Gasteiger partial charge >= 0.3 is 0 Å². The number of carbonyl (C=O) groups is 1. The minimum absolute atomic E-state index is 0.00981. The van der Waals surface area contributed by atoms with Gasteiger partial charge in [0.2, 0.25) is 0 Å². The summed E-state index contributed by atoms with van der Waals surface area (Å²) in [6.07, 6.45) is 1.21. The first kappa shape index (κ1) is 6.68. The van der Waals surface area contributed by atoms with E-state index in [2.05, 4.69) is 0 Å². The lowest BCUT2D eigenvalue weighted by Crippen LogP contribution is -2.35. The monoisotopic (exact) mass is 131 g/mol. The molecule has 52 valence electrons. The van der Waals surface area contributed by atoms with Gasteiger partial charge in [-0.3, -0.25) is 4.79 Å². The minimum atomic E-state index is -0.0669. The smallest absolute Gasteiger partial charge is 0.149 e. The van der Waals surface area contributed by atoms with Crippen LogP contribution >= 0.6 is 0 Å². The second kappa shape index (κ2) is 2.43. The average molecular weight is 131 g/mol. The average Bonchev–Trinajstić information content (AvgIpc) is 1.80. The first-order chi connectivity index (χ1) is 4.20. The summed E-state index contributed by atoms with van der Waals surface area (Å²) >= 11 is 0. The molecule has 2 nitrogen and oxygen atoms in total. The van der Waals surface area contributed by atoms with Crippen molar-refractivity contribution >= 4 is 5.78 Å². The fourth-order valence-corrected chi connectivity index (χ4v) is 0.913. The Bertz CT molecular complexity index is 126. The predicted molar refractivity (Wildman–Crippen MR) is 31.5 cm³/mol. The second-order valence-electron chi connectivity index (χ2n) is 2.48. The quantitative estimate of drug-likeness (QED) is 0.456. The number of Topliss-reactive ketones (excluding diaryl/α,β-unsaturated/α-hetero) is 1. The summed E-state index contributed by atoms with van der Waals surface area (Å²) in [6.45, 7) is 1.77. The van der Waals surface area contributed by atoms with Crippen molar-refractivity contribution in [2.24, 2.45) is 0 Å². The van der Waals surface area contributed by atoms with Crippen LogP contribution in [0.2, 0.25) is 0 Å². The Morgan fingerprint density at radius 3 is 2.89 bits per heavy atom. The summed E-state index contributed by atoms with van der Waals surface area (Å²) in [5.41, 5.74) is 0. The standard InChI is InChI=1S/C6H10FNO/c1-5-2-3-6(9)4-8(5)7/h5H,2-4H2,1H3. The van der Waals surface area contributed by atoms with Crippen LogP contribution in [0.5, 0.6) is 0 Å². The van der Waals surface area contributed by atoms with Gasteiger partial charge in [-0.15, -0.1) is 9.60 Å². The van der Waals surface area contributed by atoms with Crippen molar-refractivity contribution in [2.75, 3.05) is 6.54 Å². The van der Waals surface area contributed by atoms with E-state index in [1.165, 1.54) is 0 Å². The van der Waals surface area contributed by atoms with Crippen LogP contribution in [0.25, 0.3) is 0 Å². The number of ketones is 1. The van der Waals surface area contributed by atoms with Crippen molar-refractivity contribution < 1.29 is 9.28 Å². The first-order valence-electron chi connectivity index (χ1n) is 3.14. The van der Waals surface area contributed by atoms with Crippen LogP contribution in [0.15, 0.2) is 0 Å². The molecular formula is C6H10FNO. The molecule has 1 heterocycles. The number of hydrogen-bond acceptors (Lipinski definition) is 2. The highest BCUT2D eigenvalue weighted by molar-refractivity contribution is 5.81. The van der Waals surface area contributed by atoms with Crippen molar-refractivity contribution in [1.82, 2.24) is 5.12 Å². The predicted octanol–water partition coefficient (Wildman–Crippen LogP) is 0.924. The Balaban J connectivity index is 2.44. The SMILES string of the molecule is CC1CCC(=O)CN1F. The maximum Gasteiger partial charge on any atom is 0.149 e. The number of halogens is 1. The molecule has 1 aliphatic rings. The Morgan fingerprint density at radius 2 is 2.44 bits per heavy atom. The van der Waals surface area contributed by atoms with Crippen LogP contribution in [0.3, 0.4) is 0 Å². The molecule has 0 amide bonds. The third-order valence-corrected chi connectivity index (χ3v) is 1.65. The molecule has 0 aliphatic carbocycles. The molecule has 0 aromatic heterocycles. The summed E-state index contributed by atoms with van der Waals surface area (Å²) < 4.78 is 12.4. The van der Waals surface area contributed by atoms with Gasteiger partial charge in [0.05, 0.1) is 6.54 Å². The van der Waals surface area contributed by atoms with Crippen LogP contribution in [-0.2, 0) is 4.79 Å². The molecule has 1 unspecified atom stereocenters. The third kappa shape index (κ3) is 1.48. The molecule has 0 aromatic carbocycles. The topological polar surface area (TPSA) is 20.3 Å². The molecular weight excluding hydrogens is 121 g/mol. The maximum atomic E-state index is 12.4. The number of carbonyl (C=O) groups excluding carboxylic acids is 1. The van der Waals surface area contributed by atoms with Crippen molar-refractivity contribution in [3.05, 3.63) is 0 Å². The number of piperidine rings is 1. The Hall–Kier alpha value is -0.440. The molecule has 1 saturated heterocycles. The van der Waals surface area contributed by atoms with E-state index in [1.807, 2.05) is 0 Å². The van der Waals surface area contributed by atoms with E-state index < -0.39 is 0 Å². The van der Waals surface area contributed by atoms with E-state index in [0.29, 0.717) is 18.0 Å². The van der Waals surface area contributed by atoms with Gasteiger partial charge in [0.25, 0.3) is 0 Å². The third-order valence-electron chi connectivity index (χ3n) is 1.65. The summed E-state index contributed by atoms with van der Waals surface area (Å²) in [4.78, 5) is 10.5. The van der Waals surface area contributed by atoms with E-state index >= 15 is 0 Å². The van der Waals surface area contributed by atoms with Crippen LogP contribution in [0, 0.1) is 0 Å².